The Balaban J connectivity index is 0.00000192. The third-order valence-electron chi connectivity index (χ3n) is 4.58. The molecule has 1 N–H and O–H groups in total. The molecule has 1 fully saturated rings. The predicted molar refractivity (Wildman–Crippen MR) is 98.2 cm³/mol. The topological polar surface area (TPSA) is 32.3 Å². The Morgan fingerprint density at radius 1 is 1.22 bits per heavy atom. The molecule has 1 aliphatic heterocycles. The van der Waals surface area contributed by atoms with Gasteiger partial charge in [-0.05, 0) is 42.6 Å². The highest BCUT2D eigenvalue weighted by Crippen LogP contribution is 2.20. The molecule has 1 unspecified atom stereocenters. The molecule has 3 rings (SSSR count). The second-order valence-corrected chi connectivity index (χ2v) is 6.12. The van der Waals surface area contributed by atoms with Gasteiger partial charge < -0.3 is 10.2 Å². The van der Waals surface area contributed by atoms with Crippen LogP contribution in [-0.4, -0.2) is 37.0 Å². The van der Waals surface area contributed by atoms with Gasteiger partial charge in [0.05, 0.1) is 0 Å². The van der Waals surface area contributed by atoms with E-state index in [9.17, 15) is 4.79 Å². The van der Waals surface area contributed by atoms with Crippen LogP contribution in [0.2, 0.25) is 0 Å². The first-order valence-corrected chi connectivity index (χ1v) is 8.19. The van der Waals surface area contributed by atoms with Crippen LogP contribution in [0.15, 0.2) is 42.5 Å². The molecule has 1 amide bonds. The highest BCUT2D eigenvalue weighted by molar-refractivity contribution is 5.85. The number of fused-ring (bicyclic) bond motifs is 1. The van der Waals surface area contributed by atoms with Crippen LogP contribution in [0.4, 0.5) is 0 Å². The van der Waals surface area contributed by atoms with Gasteiger partial charge in [-0.1, -0.05) is 42.5 Å². The highest BCUT2D eigenvalue weighted by Gasteiger charge is 2.27. The number of carbonyl (C=O) groups excluding carboxylic acids is 1. The van der Waals surface area contributed by atoms with Crippen LogP contribution in [0.1, 0.15) is 24.8 Å². The number of carbonyl (C=O) groups is 1. The summed E-state index contributed by atoms with van der Waals surface area (Å²) < 4.78 is 0. The lowest BCUT2D eigenvalue weighted by molar-refractivity contribution is -0.131. The summed E-state index contributed by atoms with van der Waals surface area (Å²) in [6, 6.07) is 15.2. The Hall–Kier alpha value is -1.58. The average Bonchev–Trinajstić information content (AvgIpc) is 3.01. The van der Waals surface area contributed by atoms with Crippen molar-refractivity contribution in [3.63, 3.8) is 0 Å². The lowest BCUT2D eigenvalue weighted by atomic mass is 10.0. The van der Waals surface area contributed by atoms with E-state index in [0.29, 0.717) is 18.4 Å². The molecule has 3 nitrogen and oxygen atoms in total. The summed E-state index contributed by atoms with van der Waals surface area (Å²) in [5, 5.41) is 5.70. The molecule has 0 spiro atoms. The van der Waals surface area contributed by atoms with E-state index in [4.69, 9.17) is 0 Å². The average molecular weight is 333 g/mol. The number of hydrogen-bond donors (Lipinski definition) is 1. The Morgan fingerprint density at radius 2 is 2.00 bits per heavy atom. The minimum absolute atomic E-state index is 0. The van der Waals surface area contributed by atoms with Crippen LogP contribution in [0.3, 0.4) is 0 Å². The van der Waals surface area contributed by atoms with Crippen LogP contribution in [0.5, 0.6) is 0 Å². The zero-order valence-electron chi connectivity index (χ0n) is 13.6. The van der Waals surface area contributed by atoms with Gasteiger partial charge in [0.2, 0.25) is 5.91 Å². The van der Waals surface area contributed by atoms with Gasteiger partial charge in [-0.15, -0.1) is 12.4 Å². The molecule has 0 saturated carbocycles. The number of benzene rings is 2. The summed E-state index contributed by atoms with van der Waals surface area (Å²) >= 11 is 0. The summed E-state index contributed by atoms with van der Waals surface area (Å²) in [6.45, 7) is 1.82. The Morgan fingerprint density at radius 3 is 2.78 bits per heavy atom. The molecule has 2 aromatic carbocycles. The fraction of sp³-hybridized carbons (Fsp3) is 0.421. The molecular weight excluding hydrogens is 308 g/mol. The third kappa shape index (κ3) is 4.24. The van der Waals surface area contributed by atoms with Crippen LogP contribution in [0, 0.1) is 0 Å². The first kappa shape index (κ1) is 17.8. The Labute approximate surface area is 144 Å². The van der Waals surface area contributed by atoms with Crippen molar-refractivity contribution in [2.45, 2.75) is 31.7 Å². The van der Waals surface area contributed by atoms with Crippen LogP contribution in [0.25, 0.3) is 10.8 Å². The number of amides is 1. The van der Waals surface area contributed by atoms with Crippen molar-refractivity contribution >= 4 is 29.1 Å². The quantitative estimate of drug-likeness (QED) is 0.910. The predicted octanol–water partition coefficient (Wildman–Crippen LogP) is 3.40. The molecule has 1 atom stereocenters. The highest BCUT2D eigenvalue weighted by atomic mass is 35.5. The van der Waals surface area contributed by atoms with Crippen molar-refractivity contribution in [1.29, 1.82) is 0 Å². The van der Waals surface area contributed by atoms with Crippen LogP contribution >= 0.6 is 12.4 Å². The van der Waals surface area contributed by atoms with Gasteiger partial charge >= 0.3 is 0 Å². The maximum Gasteiger partial charge on any atom is 0.223 e. The van der Waals surface area contributed by atoms with Gasteiger partial charge in [0.1, 0.15) is 0 Å². The van der Waals surface area contributed by atoms with Crippen molar-refractivity contribution < 1.29 is 4.79 Å². The molecule has 124 valence electrons. The monoisotopic (exact) mass is 332 g/mol. The maximum atomic E-state index is 12.5. The lowest BCUT2D eigenvalue weighted by Crippen LogP contribution is -2.40. The number of hydrogen-bond acceptors (Lipinski definition) is 2. The normalized spacial score (nSPS) is 17.3. The van der Waals surface area contributed by atoms with Crippen LogP contribution in [-0.2, 0) is 11.2 Å². The number of aryl methyl sites for hydroxylation is 1. The number of halogens is 1. The SMILES string of the molecule is CNCC1CCCN1C(=O)CCc1ccc2ccccc2c1.Cl. The fourth-order valence-electron chi connectivity index (χ4n) is 3.40. The van der Waals surface area contributed by atoms with Crippen LogP contribution < -0.4 is 5.32 Å². The number of nitrogens with zero attached hydrogens (tertiary/aromatic N) is 1. The standard InChI is InChI=1S/C19H24N2O.ClH/c1-20-14-18-7-4-12-21(18)19(22)11-9-15-8-10-16-5-2-3-6-17(16)13-15;/h2-3,5-6,8,10,13,18,20H,4,7,9,11-12,14H2,1H3;1H. The van der Waals surface area contributed by atoms with E-state index in [1.54, 1.807) is 0 Å². The first-order valence-electron chi connectivity index (χ1n) is 8.19. The fourth-order valence-corrected chi connectivity index (χ4v) is 3.40. The van der Waals surface area contributed by atoms with E-state index in [2.05, 4.69) is 52.7 Å². The largest absolute Gasteiger partial charge is 0.338 e. The maximum absolute atomic E-state index is 12.5. The van der Waals surface area contributed by atoms with Gasteiger partial charge in [0.25, 0.3) is 0 Å². The van der Waals surface area contributed by atoms with E-state index in [-0.39, 0.29) is 12.4 Å². The second-order valence-electron chi connectivity index (χ2n) is 6.12. The summed E-state index contributed by atoms with van der Waals surface area (Å²) in [5.74, 6) is 0.297. The molecule has 0 aliphatic carbocycles. The molecule has 1 aliphatic rings. The molecule has 1 saturated heterocycles. The molecule has 0 aromatic heterocycles. The summed E-state index contributed by atoms with van der Waals surface area (Å²) in [4.78, 5) is 14.5. The Kier molecular flexibility index (Phi) is 6.43. The van der Waals surface area contributed by atoms with Gasteiger partial charge in [-0.25, -0.2) is 0 Å². The molecule has 0 radical (unpaired) electrons. The van der Waals surface area contributed by atoms with Gasteiger partial charge in [-0.3, -0.25) is 4.79 Å². The van der Waals surface area contributed by atoms with Gasteiger partial charge in [0, 0.05) is 25.6 Å². The van der Waals surface area contributed by atoms with Gasteiger partial charge in [-0.2, -0.15) is 0 Å². The van der Waals surface area contributed by atoms with Crippen molar-refractivity contribution in [2.75, 3.05) is 20.1 Å². The van der Waals surface area contributed by atoms with E-state index < -0.39 is 0 Å². The molecule has 1 heterocycles. The van der Waals surface area contributed by atoms with Crippen molar-refractivity contribution in [1.82, 2.24) is 10.2 Å². The van der Waals surface area contributed by atoms with Gasteiger partial charge in [0.15, 0.2) is 0 Å². The first-order chi connectivity index (χ1) is 10.8. The smallest absolute Gasteiger partial charge is 0.223 e. The minimum atomic E-state index is 0. The van der Waals surface area contributed by atoms with Crippen molar-refractivity contribution in [3.8, 4) is 0 Å². The molecule has 2 aromatic rings. The molecule has 23 heavy (non-hydrogen) atoms. The van der Waals surface area contributed by atoms with E-state index in [1.165, 1.54) is 16.3 Å². The molecule has 4 heteroatoms. The summed E-state index contributed by atoms with van der Waals surface area (Å²) in [7, 11) is 1.95. The second kappa shape index (κ2) is 8.32. The number of likely N-dealkylation sites (tertiary alicyclic amines) is 1. The van der Waals surface area contributed by atoms with Crippen molar-refractivity contribution in [2.24, 2.45) is 0 Å². The zero-order valence-corrected chi connectivity index (χ0v) is 14.4. The number of nitrogens with one attached hydrogen (secondary N) is 1. The van der Waals surface area contributed by atoms with Crippen molar-refractivity contribution in [3.05, 3.63) is 48.0 Å². The van der Waals surface area contributed by atoms with E-state index in [0.717, 1.165) is 32.4 Å². The van der Waals surface area contributed by atoms with E-state index >= 15 is 0 Å². The lowest BCUT2D eigenvalue weighted by Gasteiger charge is -2.24. The summed E-state index contributed by atoms with van der Waals surface area (Å²) in [6.07, 6.45) is 3.70. The number of likely N-dealkylation sites (N-methyl/N-ethyl adjacent to an activating group) is 1. The molecular formula is C19H25ClN2O. The third-order valence-corrected chi connectivity index (χ3v) is 4.58. The zero-order chi connectivity index (χ0) is 15.4. The summed E-state index contributed by atoms with van der Waals surface area (Å²) in [5.41, 5.74) is 1.25. The molecule has 0 bridgehead atoms. The minimum Gasteiger partial charge on any atom is -0.338 e. The van der Waals surface area contributed by atoms with E-state index in [1.807, 2.05) is 7.05 Å². The Bertz CT molecular complexity index is 659. The number of rotatable bonds is 5.